The summed E-state index contributed by atoms with van der Waals surface area (Å²) >= 11 is 13.7. The van der Waals surface area contributed by atoms with Gasteiger partial charge in [-0.2, -0.15) is 5.10 Å². The van der Waals surface area contributed by atoms with Gasteiger partial charge >= 0.3 is 0 Å². The van der Waals surface area contributed by atoms with Crippen molar-refractivity contribution in [2.75, 3.05) is 5.32 Å². The maximum atomic E-state index is 12.0. The molecule has 0 aliphatic heterocycles. The van der Waals surface area contributed by atoms with Crippen LogP contribution in [0.4, 0.5) is 5.13 Å². The molecule has 1 saturated carbocycles. The van der Waals surface area contributed by atoms with Crippen LogP contribution in [0.5, 0.6) is 0 Å². The Morgan fingerprint density at radius 1 is 1.26 bits per heavy atom. The van der Waals surface area contributed by atoms with E-state index in [-0.39, 0.29) is 11.8 Å². The minimum Gasteiger partial charge on any atom is -0.302 e. The molecular weight excluding hydrogens is 407 g/mol. The Balaban J connectivity index is 1.55. The largest absolute Gasteiger partial charge is 0.302 e. The van der Waals surface area contributed by atoms with Gasteiger partial charge in [0.2, 0.25) is 5.91 Å². The summed E-state index contributed by atoms with van der Waals surface area (Å²) in [6.07, 6.45) is 5.28. The molecule has 27 heavy (non-hydrogen) atoms. The van der Waals surface area contributed by atoms with E-state index in [2.05, 4.69) is 25.5 Å². The lowest BCUT2D eigenvalue weighted by atomic mass is 10.1. The Morgan fingerprint density at radius 3 is 2.78 bits per heavy atom. The second kappa shape index (κ2) is 6.33. The van der Waals surface area contributed by atoms with Crippen LogP contribution in [0.3, 0.4) is 0 Å². The van der Waals surface area contributed by atoms with E-state index in [0.29, 0.717) is 26.6 Å². The third kappa shape index (κ3) is 3.09. The number of nitrogens with zero attached hydrogens (tertiary/aromatic N) is 4. The number of rotatable bonds is 4. The van der Waals surface area contributed by atoms with Crippen molar-refractivity contribution >= 4 is 55.9 Å². The van der Waals surface area contributed by atoms with Crippen molar-refractivity contribution in [3.8, 4) is 17.1 Å². The predicted octanol–water partition coefficient (Wildman–Crippen LogP) is 4.53. The van der Waals surface area contributed by atoms with E-state index >= 15 is 0 Å². The van der Waals surface area contributed by atoms with Gasteiger partial charge in [-0.15, -0.1) is 0 Å². The SMILES string of the molecule is O=C(Nc1nc2[nH]nc(-n3cncc3-c3cc(Cl)cc(Cl)c3)c2s1)C1CC1. The minimum absolute atomic E-state index is 0.0257. The molecule has 136 valence electrons. The Bertz CT molecular complexity index is 1160. The fourth-order valence-electron chi connectivity index (χ4n) is 2.85. The average Bonchev–Trinajstić information content (AvgIpc) is 3.05. The zero-order valence-corrected chi connectivity index (χ0v) is 16.1. The van der Waals surface area contributed by atoms with Gasteiger partial charge in [-0.1, -0.05) is 34.5 Å². The molecule has 0 spiro atoms. The van der Waals surface area contributed by atoms with Gasteiger partial charge < -0.3 is 5.32 Å². The molecule has 0 bridgehead atoms. The zero-order valence-electron chi connectivity index (χ0n) is 13.7. The van der Waals surface area contributed by atoms with Crippen LogP contribution < -0.4 is 5.32 Å². The topological polar surface area (TPSA) is 88.5 Å². The summed E-state index contributed by atoms with van der Waals surface area (Å²) in [4.78, 5) is 20.6. The number of nitrogens with one attached hydrogen (secondary N) is 2. The van der Waals surface area contributed by atoms with Crippen LogP contribution in [0.15, 0.2) is 30.7 Å². The van der Waals surface area contributed by atoms with Crippen molar-refractivity contribution < 1.29 is 4.79 Å². The molecule has 0 radical (unpaired) electrons. The number of aromatic nitrogens is 5. The first kappa shape index (κ1) is 16.7. The summed E-state index contributed by atoms with van der Waals surface area (Å²) in [6, 6.07) is 5.32. The first-order valence-electron chi connectivity index (χ1n) is 8.23. The van der Waals surface area contributed by atoms with E-state index in [1.807, 2.05) is 16.7 Å². The van der Waals surface area contributed by atoms with E-state index in [4.69, 9.17) is 23.2 Å². The van der Waals surface area contributed by atoms with Crippen LogP contribution in [-0.4, -0.2) is 30.6 Å². The van der Waals surface area contributed by atoms with E-state index < -0.39 is 0 Å². The Kier molecular flexibility index (Phi) is 3.92. The Hall–Kier alpha value is -2.42. The van der Waals surface area contributed by atoms with Crippen LogP contribution in [-0.2, 0) is 4.79 Å². The number of hydrogen-bond donors (Lipinski definition) is 2. The van der Waals surface area contributed by atoms with Gasteiger partial charge in [0.05, 0.1) is 11.9 Å². The number of amides is 1. The number of H-pyrrole nitrogens is 1. The number of hydrogen-bond acceptors (Lipinski definition) is 5. The quantitative estimate of drug-likeness (QED) is 0.509. The number of imidazole rings is 1. The van der Waals surface area contributed by atoms with Crippen LogP contribution in [0.2, 0.25) is 10.0 Å². The van der Waals surface area contributed by atoms with Gasteiger partial charge in [0.1, 0.15) is 11.0 Å². The second-order valence-corrected chi connectivity index (χ2v) is 8.19. The summed E-state index contributed by atoms with van der Waals surface area (Å²) < 4.78 is 2.67. The van der Waals surface area contributed by atoms with Crippen LogP contribution in [0.25, 0.3) is 27.4 Å². The number of aromatic amines is 1. The van der Waals surface area contributed by atoms with E-state index in [9.17, 15) is 4.79 Å². The highest BCUT2D eigenvalue weighted by Crippen LogP contribution is 2.35. The van der Waals surface area contributed by atoms with Crippen molar-refractivity contribution in [1.82, 2.24) is 24.7 Å². The third-order valence-corrected chi connectivity index (χ3v) is 5.70. The number of anilines is 1. The molecular formula is C17H12Cl2N6OS. The van der Waals surface area contributed by atoms with E-state index in [0.717, 1.165) is 28.8 Å². The van der Waals surface area contributed by atoms with Crippen LogP contribution in [0, 0.1) is 5.92 Å². The molecule has 0 atom stereocenters. The molecule has 0 unspecified atom stereocenters. The molecule has 0 saturated heterocycles. The summed E-state index contributed by atoms with van der Waals surface area (Å²) in [7, 11) is 0. The van der Waals surface area contributed by atoms with Gasteiger partial charge in [-0.05, 0) is 31.0 Å². The summed E-state index contributed by atoms with van der Waals surface area (Å²) in [5, 5.41) is 11.8. The van der Waals surface area contributed by atoms with E-state index in [1.54, 1.807) is 18.6 Å². The van der Waals surface area contributed by atoms with Gasteiger partial charge in [0, 0.05) is 21.5 Å². The lowest BCUT2D eigenvalue weighted by Gasteiger charge is -2.06. The Labute approximate surface area is 167 Å². The number of halogens is 2. The standard InChI is InChI=1S/C17H12Cl2N6OS/c18-10-3-9(4-11(19)5-10)12-6-20-7-25(12)15-13-14(23-24-15)21-17(27-13)22-16(26)8-1-2-8/h3-8H,1-2H2,(H2,21,22,23,24,26). The number of carbonyl (C=O) groups excluding carboxylic acids is 1. The fourth-order valence-corrected chi connectivity index (χ4v) is 4.28. The summed E-state index contributed by atoms with van der Waals surface area (Å²) in [5.74, 6) is 0.800. The van der Waals surface area contributed by atoms with Crippen molar-refractivity contribution in [2.45, 2.75) is 12.8 Å². The van der Waals surface area contributed by atoms with Gasteiger partial charge in [0.25, 0.3) is 0 Å². The third-order valence-electron chi connectivity index (χ3n) is 4.30. The van der Waals surface area contributed by atoms with E-state index in [1.165, 1.54) is 11.3 Å². The first-order chi connectivity index (χ1) is 13.1. The maximum Gasteiger partial charge on any atom is 0.229 e. The zero-order chi connectivity index (χ0) is 18.5. The molecule has 7 nitrogen and oxygen atoms in total. The number of thiazole rings is 1. The molecule has 5 rings (SSSR count). The van der Waals surface area contributed by atoms with Gasteiger partial charge in [-0.25, -0.2) is 9.97 Å². The molecule has 2 N–H and O–H groups in total. The van der Waals surface area contributed by atoms with Crippen molar-refractivity contribution in [3.05, 3.63) is 40.8 Å². The van der Waals surface area contributed by atoms with Crippen molar-refractivity contribution in [2.24, 2.45) is 5.92 Å². The van der Waals surface area contributed by atoms with Gasteiger partial charge in [-0.3, -0.25) is 14.5 Å². The highest BCUT2D eigenvalue weighted by Gasteiger charge is 2.30. The molecule has 1 aliphatic rings. The molecule has 1 aromatic carbocycles. The van der Waals surface area contributed by atoms with Crippen LogP contribution >= 0.6 is 34.5 Å². The molecule has 3 heterocycles. The van der Waals surface area contributed by atoms with Crippen LogP contribution in [0.1, 0.15) is 12.8 Å². The lowest BCUT2D eigenvalue weighted by Crippen LogP contribution is -2.12. The normalized spacial score (nSPS) is 14.0. The Morgan fingerprint density at radius 2 is 2.04 bits per heavy atom. The minimum atomic E-state index is 0.0257. The van der Waals surface area contributed by atoms with Gasteiger partial charge in [0.15, 0.2) is 16.6 Å². The molecule has 10 heteroatoms. The number of benzene rings is 1. The monoisotopic (exact) mass is 418 g/mol. The molecule has 1 fully saturated rings. The lowest BCUT2D eigenvalue weighted by molar-refractivity contribution is -0.117. The molecule has 1 amide bonds. The van der Waals surface area contributed by atoms with Crippen molar-refractivity contribution in [3.63, 3.8) is 0 Å². The van der Waals surface area contributed by atoms with Crippen molar-refractivity contribution in [1.29, 1.82) is 0 Å². The second-order valence-electron chi connectivity index (χ2n) is 6.31. The smallest absolute Gasteiger partial charge is 0.229 e. The predicted molar refractivity (Wildman–Crippen MR) is 106 cm³/mol. The maximum absolute atomic E-state index is 12.0. The molecule has 1 aliphatic carbocycles. The first-order valence-corrected chi connectivity index (χ1v) is 9.80. The number of carbonyl (C=O) groups is 1. The number of fused-ring (bicyclic) bond motifs is 1. The highest BCUT2D eigenvalue weighted by molar-refractivity contribution is 7.22. The highest BCUT2D eigenvalue weighted by atomic mass is 35.5. The fraction of sp³-hybridized carbons (Fsp3) is 0.176. The molecule has 3 aromatic heterocycles. The summed E-state index contributed by atoms with van der Waals surface area (Å²) in [6.45, 7) is 0. The summed E-state index contributed by atoms with van der Waals surface area (Å²) in [5.41, 5.74) is 2.24. The molecule has 4 aromatic rings. The average molecular weight is 419 g/mol.